The molecule has 0 aromatic heterocycles. The number of carbonyl (C=O) groups excluding carboxylic acids is 1. The Balaban J connectivity index is 1.78. The van der Waals surface area contributed by atoms with Crippen molar-refractivity contribution in [3.8, 4) is 0 Å². The van der Waals surface area contributed by atoms with Gasteiger partial charge < -0.3 is 48.3 Å². The molecular formula is C37H63NO10. The van der Waals surface area contributed by atoms with Crippen molar-refractivity contribution in [3.63, 3.8) is 0 Å². The second-order valence-electron chi connectivity index (χ2n) is 15.6. The fraction of sp³-hybridized carbons (Fsp3) is 0.865. The molecule has 0 spiro atoms. The van der Waals surface area contributed by atoms with Crippen LogP contribution in [-0.2, 0) is 38.0 Å². The second kappa shape index (κ2) is 15.4. The summed E-state index contributed by atoms with van der Waals surface area (Å²) >= 11 is 0. The monoisotopic (exact) mass is 681 g/mol. The average Bonchev–Trinajstić information content (AvgIpc) is 3.34. The van der Waals surface area contributed by atoms with Crippen molar-refractivity contribution < 1.29 is 48.2 Å². The lowest BCUT2D eigenvalue weighted by atomic mass is 9.81. The van der Waals surface area contributed by atoms with Gasteiger partial charge in [0, 0.05) is 25.5 Å². The lowest BCUT2D eigenvalue weighted by molar-refractivity contribution is -0.308. The van der Waals surface area contributed by atoms with Crippen molar-refractivity contribution >= 4 is 5.97 Å². The van der Waals surface area contributed by atoms with Crippen LogP contribution in [0.2, 0.25) is 0 Å². The van der Waals surface area contributed by atoms with Gasteiger partial charge in [0.25, 0.3) is 0 Å². The number of hydrogen-bond donors (Lipinski definition) is 2. The Morgan fingerprint density at radius 1 is 1.02 bits per heavy atom. The van der Waals surface area contributed by atoms with E-state index in [1.54, 1.807) is 14.0 Å². The fourth-order valence-electron chi connectivity index (χ4n) is 8.33. The number of aliphatic hydroxyl groups is 2. The smallest absolute Gasteiger partial charge is 0.311 e. The largest absolute Gasteiger partial charge is 0.479 e. The van der Waals surface area contributed by atoms with Crippen molar-refractivity contribution in [2.45, 2.75) is 167 Å². The fourth-order valence-corrected chi connectivity index (χ4v) is 8.33. The maximum Gasteiger partial charge on any atom is 0.311 e. The summed E-state index contributed by atoms with van der Waals surface area (Å²) in [6, 6.07) is -0.150. The molecule has 0 unspecified atom stereocenters. The molecule has 0 aromatic carbocycles. The minimum Gasteiger partial charge on any atom is -0.479 e. The molecule has 11 heteroatoms. The number of methoxy groups -OCH3 is 1. The highest BCUT2D eigenvalue weighted by atomic mass is 16.7. The molecule has 48 heavy (non-hydrogen) atoms. The molecule has 2 bridgehead atoms. The highest BCUT2D eigenvalue weighted by molar-refractivity contribution is 5.73. The molecule has 276 valence electrons. The Bertz CT molecular complexity index is 1190. The van der Waals surface area contributed by atoms with Crippen LogP contribution in [0.1, 0.15) is 94.9 Å². The van der Waals surface area contributed by atoms with E-state index in [1.165, 1.54) is 0 Å². The van der Waals surface area contributed by atoms with Crippen molar-refractivity contribution in [1.82, 2.24) is 4.90 Å². The van der Waals surface area contributed by atoms with Crippen LogP contribution in [0.25, 0.3) is 0 Å². The van der Waals surface area contributed by atoms with E-state index in [9.17, 15) is 15.0 Å². The van der Waals surface area contributed by atoms with E-state index < -0.39 is 78.2 Å². The first-order valence-electron chi connectivity index (χ1n) is 17.8. The van der Waals surface area contributed by atoms with Gasteiger partial charge in [-0.15, -0.1) is 0 Å². The highest BCUT2D eigenvalue weighted by Gasteiger charge is 2.50. The molecule has 2 N–H and O–H groups in total. The van der Waals surface area contributed by atoms with Gasteiger partial charge in [0.2, 0.25) is 0 Å². The van der Waals surface area contributed by atoms with Crippen molar-refractivity contribution in [3.05, 3.63) is 23.0 Å². The van der Waals surface area contributed by atoms with E-state index in [1.807, 2.05) is 67.5 Å². The quantitative estimate of drug-likeness (QED) is 0.363. The second-order valence-corrected chi connectivity index (χ2v) is 15.6. The van der Waals surface area contributed by atoms with Crippen molar-refractivity contribution in [1.29, 1.82) is 0 Å². The van der Waals surface area contributed by atoms with Crippen LogP contribution < -0.4 is 0 Å². The molecule has 4 rings (SSSR count). The molecule has 0 amide bonds. The van der Waals surface area contributed by atoms with E-state index in [0.717, 1.165) is 16.9 Å². The van der Waals surface area contributed by atoms with Gasteiger partial charge in [0.1, 0.15) is 24.1 Å². The zero-order valence-corrected chi connectivity index (χ0v) is 31.5. The van der Waals surface area contributed by atoms with Crippen LogP contribution in [0.4, 0.5) is 0 Å². The van der Waals surface area contributed by atoms with Crippen LogP contribution >= 0.6 is 0 Å². The predicted molar refractivity (Wildman–Crippen MR) is 181 cm³/mol. The molecule has 15 atom stereocenters. The summed E-state index contributed by atoms with van der Waals surface area (Å²) in [6.45, 7) is 19.6. The number of aliphatic hydroxyl groups excluding tert-OH is 2. The van der Waals surface area contributed by atoms with Crippen molar-refractivity contribution in [2.24, 2.45) is 17.8 Å². The van der Waals surface area contributed by atoms with Crippen LogP contribution in [0.3, 0.4) is 0 Å². The van der Waals surface area contributed by atoms with Gasteiger partial charge in [-0.3, -0.25) is 4.79 Å². The molecule has 4 aliphatic heterocycles. The first-order chi connectivity index (χ1) is 22.3. The summed E-state index contributed by atoms with van der Waals surface area (Å²) in [5.74, 6) is -0.833. The Hall–Kier alpha value is -1.57. The first-order valence-corrected chi connectivity index (χ1v) is 17.8. The zero-order chi connectivity index (χ0) is 35.9. The topological polar surface area (TPSA) is 125 Å². The summed E-state index contributed by atoms with van der Waals surface area (Å²) in [5.41, 5.74) is 0.334. The highest BCUT2D eigenvalue weighted by Crippen LogP contribution is 2.42. The molecule has 2 saturated heterocycles. The van der Waals surface area contributed by atoms with Gasteiger partial charge in [-0.25, -0.2) is 0 Å². The number of cyclic esters (lactones) is 1. The van der Waals surface area contributed by atoms with Crippen LogP contribution in [0.5, 0.6) is 0 Å². The first kappa shape index (κ1) is 39.2. The van der Waals surface area contributed by atoms with E-state index in [4.69, 9.17) is 33.2 Å². The van der Waals surface area contributed by atoms with Crippen LogP contribution in [-0.4, -0.2) is 115 Å². The zero-order valence-electron chi connectivity index (χ0n) is 31.5. The molecular weight excluding hydrogens is 618 g/mol. The molecule has 0 radical (unpaired) electrons. The molecule has 0 aliphatic carbocycles. The lowest BCUT2D eigenvalue weighted by Crippen LogP contribution is -2.58. The number of esters is 1. The van der Waals surface area contributed by atoms with Gasteiger partial charge in [0.05, 0.1) is 35.9 Å². The standard InChI is InChI=1S/C37H63NO10/c1-14-27-36(9)17-21(4)30(48-36)19(2)15-20(3)31(47-35-29(39)26(38(11)12)16-22(5)43-35)23(6)32(24(7)34(41)45-27)46-28-18-37(10,42-13)33(40)25(8)44-28/h17,20,22-29,31-33,35,39-40H,14-16,18H2,1-13H3/b30-19-/t20-,22+,23+,24+,25-,26-,27+,28-,29+,31-,32+,33-,35-,36+,37+/m0/s1. The number of allylic oxidation sites excluding steroid dienone is 2. The summed E-state index contributed by atoms with van der Waals surface area (Å²) in [4.78, 5) is 16.1. The predicted octanol–water partition coefficient (Wildman–Crippen LogP) is 4.73. The average molecular weight is 682 g/mol. The van der Waals surface area contributed by atoms with Crippen molar-refractivity contribution in [2.75, 3.05) is 21.2 Å². The number of carbonyl (C=O) groups is 1. The van der Waals surface area contributed by atoms with Gasteiger partial charge in [-0.2, -0.15) is 0 Å². The van der Waals surface area contributed by atoms with Gasteiger partial charge in [-0.05, 0) is 105 Å². The Morgan fingerprint density at radius 2 is 1.69 bits per heavy atom. The molecule has 2 fully saturated rings. The van der Waals surface area contributed by atoms with E-state index in [0.29, 0.717) is 19.3 Å². The summed E-state index contributed by atoms with van der Waals surface area (Å²) < 4.78 is 44.7. The van der Waals surface area contributed by atoms with E-state index >= 15 is 0 Å². The summed E-state index contributed by atoms with van der Waals surface area (Å²) in [5, 5.41) is 22.4. The molecule has 0 saturated carbocycles. The number of rotatable bonds is 7. The Kier molecular flexibility index (Phi) is 12.5. The number of hydrogen-bond acceptors (Lipinski definition) is 11. The van der Waals surface area contributed by atoms with Gasteiger partial charge in [0.15, 0.2) is 18.2 Å². The molecule has 11 nitrogen and oxygen atoms in total. The number of fused-ring (bicyclic) bond motifs is 2. The third-order valence-electron chi connectivity index (χ3n) is 11.3. The van der Waals surface area contributed by atoms with E-state index in [2.05, 4.69) is 19.9 Å². The SMILES string of the molecule is CC[C@H]1OC(=O)[C@H](C)[C@H](O[C@H]2C[C@@](C)(OC)[C@@H](O)[C@H](C)O2)[C@H](C)[C@@H](O[C@@H]2O[C@H](C)C[C@H](N(C)C)[C@H]2O)[C@@H](C)C/C(C)=C2\O[C@]1(C)C=C2C. The van der Waals surface area contributed by atoms with Crippen LogP contribution in [0.15, 0.2) is 23.0 Å². The minimum atomic E-state index is -0.912. The maximum absolute atomic E-state index is 14.1. The Morgan fingerprint density at radius 3 is 2.29 bits per heavy atom. The number of likely N-dealkylation sites (N-methyl/N-ethyl adjacent to an activating group) is 1. The summed E-state index contributed by atoms with van der Waals surface area (Å²) in [6.07, 6.45) is -1.69. The lowest BCUT2D eigenvalue weighted by Gasteiger charge is -2.47. The number of ether oxygens (including phenoxy) is 7. The Labute approximate surface area is 288 Å². The van der Waals surface area contributed by atoms with Gasteiger partial charge >= 0.3 is 5.97 Å². The normalized spacial score (nSPS) is 47.8. The van der Waals surface area contributed by atoms with E-state index in [-0.39, 0.29) is 24.5 Å². The number of nitrogens with zero attached hydrogens (tertiary/aromatic N) is 1. The summed E-state index contributed by atoms with van der Waals surface area (Å²) in [7, 11) is 5.46. The molecule has 0 aromatic rings. The third-order valence-corrected chi connectivity index (χ3v) is 11.3. The van der Waals surface area contributed by atoms with Gasteiger partial charge in [-0.1, -0.05) is 20.8 Å². The minimum absolute atomic E-state index is 0.101. The maximum atomic E-state index is 14.1. The van der Waals surface area contributed by atoms with Crippen LogP contribution in [0, 0.1) is 17.8 Å². The third kappa shape index (κ3) is 7.99. The molecule has 4 heterocycles. The molecule has 4 aliphatic rings.